The second-order valence-corrected chi connectivity index (χ2v) is 4.29. The summed E-state index contributed by atoms with van der Waals surface area (Å²) in [4.78, 5) is 10.6. The van der Waals surface area contributed by atoms with E-state index in [4.69, 9.17) is 4.74 Å². The van der Waals surface area contributed by atoms with Crippen LogP contribution in [0.15, 0.2) is 40.9 Å². The number of halogens is 1. The Labute approximate surface area is 115 Å². The Balaban J connectivity index is 2.09. The predicted molar refractivity (Wildman–Crippen MR) is 71.3 cm³/mol. The fraction of sp³-hybridized carbons (Fsp3) is 0.308. The normalized spacial score (nSPS) is 10.6. The number of hydrogen-bond donors (Lipinski definition) is 0. The molecule has 0 aliphatic heterocycles. The Morgan fingerprint density at radius 1 is 1.22 bits per heavy atom. The molecule has 0 aliphatic carbocycles. The molecule has 0 spiro atoms. The van der Waals surface area contributed by atoms with Crippen molar-refractivity contribution in [1.82, 2.24) is 0 Å². The van der Waals surface area contributed by atoms with Gasteiger partial charge in [0.25, 0.3) is 0 Å². The Morgan fingerprint density at radius 2 is 1.89 bits per heavy atom. The van der Waals surface area contributed by atoms with Crippen LogP contribution in [0.2, 0.25) is 0 Å². The third-order valence-corrected chi connectivity index (χ3v) is 2.56. The van der Waals surface area contributed by atoms with Crippen molar-refractivity contribution in [2.75, 3.05) is 20.3 Å². The highest BCUT2D eigenvalue weighted by Crippen LogP contribution is 2.10. The molecule has 0 bridgehead atoms. The summed E-state index contributed by atoms with van der Waals surface area (Å²) in [6.07, 6.45) is 2.82. The first-order valence-electron chi connectivity index (χ1n) is 5.40. The molecule has 4 nitrogen and oxygen atoms in total. The summed E-state index contributed by atoms with van der Waals surface area (Å²) >= 11 is 3.37. The third-order valence-electron chi connectivity index (χ3n) is 2.03. The van der Waals surface area contributed by atoms with Gasteiger partial charge >= 0.3 is 6.16 Å². The summed E-state index contributed by atoms with van der Waals surface area (Å²) in [6.45, 7) is 1.21. The van der Waals surface area contributed by atoms with Gasteiger partial charge in [0.05, 0.1) is 20.3 Å². The monoisotopic (exact) mass is 314 g/mol. The van der Waals surface area contributed by atoms with E-state index in [0.717, 1.165) is 10.0 Å². The van der Waals surface area contributed by atoms with Crippen LogP contribution in [0.4, 0.5) is 4.79 Å². The highest BCUT2D eigenvalue weighted by molar-refractivity contribution is 9.10. The van der Waals surface area contributed by atoms with Gasteiger partial charge in [0.1, 0.15) is 6.61 Å². The van der Waals surface area contributed by atoms with Crippen molar-refractivity contribution in [3.8, 4) is 0 Å². The minimum absolute atomic E-state index is 0.189. The zero-order valence-electron chi connectivity index (χ0n) is 10.1. The molecule has 0 aromatic heterocycles. The number of carbonyl (C=O) groups excluding carboxylic acids is 1. The van der Waals surface area contributed by atoms with E-state index in [0.29, 0.717) is 13.2 Å². The molecule has 0 fully saturated rings. The van der Waals surface area contributed by atoms with Gasteiger partial charge in [-0.1, -0.05) is 34.1 Å². The lowest BCUT2D eigenvalue weighted by Crippen LogP contribution is -2.03. The number of hydrogen-bond acceptors (Lipinski definition) is 4. The maximum atomic E-state index is 10.6. The highest BCUT2D eigenvalue weighted by Gasteiger charge is 1.95. The van der Waals surface area contributed by atoms with Crippen molar-refractivity contribution >= 4 is 22.1 Å². The number of methoxy groups -OCH3 is 1. The van der Waals surface area contributed by atoms with E-state index in [1.165, 1.54) is 7.11 Å². The maximum Gasteiger partial charge on any atom is 0.508 e. The van der Waals surface area contributed by atoms with Crippen molar-refractivity contribution in [2.24, 2.45) is 0 Å². The van der Waals surface area contributed by atoms with Crippen LogP contribution in [-0.2, 0) is 20.8 Å². The van der Waals surface area contributed by atoms with E-state index in [9.17, 15) is 4.79 Å². The SMILES string of the molecule is COC(=O)OC/C=C\COCc1ccc(Br)cc1. The third kappa shape index (κ3) is 6.42. The molecule has 0 atom stereocenters. The molecule has 1 aromatic carbocycles. The Hall–Kier alpha value is -1.33. The molecule has 0 N–H and O–H groups in total. The molecule has 0 saturated carbocycles. The molecule has 18 heavy (non-hydrogen) atoms. The summed E-state index contributed by atoms with van der Waals surface area (Å²) in [6, 6.07) is 7.93. The van der Waals surface area contributed by atoms with Crippen LogP contribution in [0, 0.1) is 0 Å². The summed E-state index contributed by atoms with van der Waals surface area (Å²) in [7, 11) is 1.27. The van der Waals surface area contributed by atoms with Crippen LogP contribution in [0.1, 0.15) is 5.56 Å². The highest BCUT2D eigenvalue weighted by atomic mass is 79.9. The fourth-order valence-corrected chi connectivity index (χ4v) is 1.40. The molecule has 0 radical (unpaired) electrons. The molecule has 0 aliphatic rings. The van der Waals surface area contributed by atoms with Crippen molar-refractivity contribution in [3.05, 3.63) is 46.5 Å². The van der Waals surface area contributed by atoms with E-state index in [2.05, 4.69) is 25.4 Å². The Bertz CT molecular complexity index is 386. The van der Waals surface area contributed by atoms with E-state index < -0.39 is 6.16 Å². The average molecular weight is 315 g/mol. The van der Waals surface area contributed by atoms with Crippen LogP contribution in [-0.4, -0.2) is 26.5 Å². The van der Waals surface area contributed by atoms with Crippen LogP contribution in [0.5, 0.6) is 0 Å². The summed E-state index contributed by atoms with van der Waals surface area (Å²) in [5, 5.41) is 0. The molecule has 0 saturated heterocycles. The molecule has 1 rings (SSSR count). The Morgan fingerprint density at radius 3 is 2.56 bits per heavy atom. The molecule has 98 valence electrons. The standard InChI is InChI=1S/C13H15BrO4/c1-16-13(15)18-9-3-2-8-17-10-11-4-6-12(14)7-5-11/h2-7H,8-10H2,1H3/b3-2-. The molecular formula is C13H15BrO4. The lowest BCUT2D eigenvalue weighted by Gasteiger charge is -2.02. The van der Waals surface area contributed by atoms with Crippen LogP contribution < -0.4 is 0 Å². The minimum Gasteiger partial charge on any atom is -0.438 e. The number of rotatable bonds is 6. The quantitative estimate of drug-likeness (QED) is 0.459. The topological polar surface area (TPSA) is 44.8 Å². The van der Waals surface area contributed by atoms with E-state index in [-0.39, 0.29) is 6.61 Å². The van der Waals surface area contributed by atoms with E-state index in [1.54, 1.807) is 12.2 Å². The van der Waals surface area contributed by atoms with Crippen LogP contribution in [0.3, 0.4) is 0 Å². The lowest BCUT2D eigenvalue weighted by atomic mass is 10.2. The predicted octanol–water partition coefficient (Wildman–Crippen LogP) is 3.30. The van der Waals surface area contributed by atoms with Gasteiger partial charge < -0.3 is 14.2 Å². The van der Waals surface area contributed by atoms with Gasteiger partial charge in [0.2, 0.25) is 0 Å². The van der Waals surface area contributed by atoms with Crippen LogP contribution >= 0.6 is 15.9 Å². The maximum absolute atomic E-state index is 10.6. The van der Waals surface area contributed by atoms with Gasteiger partial charge in [0, 0.05) is 4.47 Å². The second-order valence-electron chi connectivity index (χ2n) is 3.38. The summed E-state index contributed by atoms with van der Waals surface area (Å²) < 4.78 is 15.4. The van der Waals surface area contributed by atoms with Gasteiger partial charge in [-0.25, -0.2) is 4.79 Å². The molecule has 0 amide bonds. The minimum atomic E-state index is -0.685. The molecule has 1 aromatic rings. The molecule has 5 heteroatoms. The first-order valence-corrected chi connectivity index (χ1v) is 6.19. The van der Waals surface area contributed by atoms with Gasteiger partial charge in [-0.05, 0) is 23.8 Å². The van der Waals surface area contributed by atoms with Gasteiger partial charge in [0.15, 0.2) is 0 Å². The largest absolute Gasteiger partial charge is 0.508 e. The van der Waals surface area contributed by atoms with Crippen molar-refractivity contribution in [2.45, 2.75) is 6.61 Å². The van der Waals surface area contributed by atoms with E-state index >= 15 is 0 Å². The zero-order valence-corrected chi connectivity index (χ0v) is 11.7. The van der Waals surface area contributed by atoms with Gasteiger partial charge in [-0.2, -0.15) is 0 Å². The van der Waals surface area contributed by atoms with Crippen molar-refractivity contribution in [3.63, 3.8) is 0 Å². The van der Waals surface area contributed by atoms with Crippen molar-refractivity contribution in [1.29, 1.82) is 0 Å². The second kappa shape index (κ2) is 8.72. The lowest BCUT2D eigenvalue weighted by molar-refractivity contribution is 0.0815. The van der Waals surface area contributed by atoms with E-state index in [1.807, 2.05) is 24.3 Å². The fourth-order valence-electron chi connectivity index (χ4n) is 1.14. The Kier molecular flexibility index (Phi) is 7.13. The number of benzene rings is 1. The molecule has 0 unspecified atom stereocenters. The number of carbonyl (C=O) groups is 1. The van der Waals surface area contributed by atoms with Gasteiger partial charge in [-0.3, -0.25) is 0 Å². The smallest absolute Gasteiger partial charge is 0.438 e. The van der Waals surface area contributed by atoms with Crippen LogP contribution in [0.25, 0.3) is 0 Å². The molecular weight excluding hydrogens is 300 g/mol. The first kappa shape index (κ1) is 14.7. The first-order chi connectivity index (χ1) is 8.72. The number of ether oxygens (including phenoxy) is 3. The average Bonchev–Trinajstić information content (AvgIpc) is 2.39. The van der Waals surface area contributed by atoms with Crippen molar-refractivity contribution < 1.29 is 19.0 Å². The van der Waals surface area contributed by atoms with Gasteiger partial charge in [-0.15, -0.1) is 0 Å². The summed E-state index contributed by atoms with van der Waals surface area (Å²) in [5.74, 6) is 0. The zero-order chi connectivity index (χ0) is 13.2. The molecule has 0 heterocycles. The summed E-state index contributed by atoms with van der Waals surface area (Å²) in [5.41, 5.74) is 1.11.